The summed E-state index contributed by atoms with van der Waals surface area (Å²) in [5.74, 6) is 2.85. The number of hydrogen-bond donors (Lipinski definition) is 0. The lowest BCUT2D eigenvalue weighted by molar-refractivity contribution is -0.124. The molecule has 2 aromatic rings. The highest BCUT2D eigenvalue weighted by Crippen LogP contribution is 2.65. The Kier molecular flexibility index (Phi) is 3.20. The lowest BCUT2D eigenvalue weighted by Gasteiger charge is -2.37. The zero-order valence-electron chi connectivity index (χ0n) is 15.6. The van der Waals surface area contributed by atoms with Gasteiger partial charge in [0.15, 0.2) is 0 Å². The summed E-state index contributed by atoms with van der Waals surface area (Å²) in [7, 11) is 0. The molecule has 0 aromatic heterocycles. The first-order valence-corrected chi connectivity index (χ1v) is 10.0. The number of allylic oxidation sites excluding steroid dienone is 2. The predicted octanol–water partition coefficient (Wildman–Crippen LogP) is 4.34. The molecule has 5 aliphatic rings. The lowest BCUT2D eigenvalue weighted by Crippen LogP contribution is -2.40. The summed E-state index contributed by atoms with van der Waals surface area (Å²) in [4.78, 5) is 27.7. The minimum absolute atomic E-state index is 0.0214. The van der Waals surface area contributed by atoms with Gasteiger partial charge >= 0.3 is 0 Å². The van der Waals surface area contributed by atoms with Crippen molar-refractivity contribution in [3.63, 3.8) is 0 Å². The number of amides is 2. The van der Waals surface area contributed by atoms with E-state index in [1.165, 1.54) is 16.9 Å². The topological polar surface area (TPSA) is 46.6 Å². The highest BCUT2D eigenvalue weighted by atomic mass is 16.5. The highest BCUT2D eigenvalue weighted by Gasteiger charge is 2.67. The van der Waals surface area contributed by atoms with Gasteiger partial charge in [-0.3, -0.25) is 14.5 Å². The number of anilines is 1. The van der Waals surface area contributed by atoms with Crippen molar-refractivity contribution in [3.8, 4) is 11.5 Å². The Morgan fingerprint density at radius 3 is 1.82 bits per heavy atom. The monoisotopic (exact) mass is 371 g/mol. The van der Waals surface area contributed by atoms with Crippen molar-refractivity contribution in [1.82, 2.24) is 0 Å². The second-order valence-corrected chi connectivity index (χ2v) is 8.58. The molecular formula is C24H21NO3. The number of imide groups is 1. The number of hydrogen-bond acceptors (Lipinski definition) is 3. The van der Waals surface area contributed by atoms with Gasteiger partial charge in [0.05, 0.1) is 17.5 Å². The van der Waals surface area contributed by atoms with Crippen molar-refractivity contribution in [1.29, 1.82) is 0 Å². The Morgan fingerprint density at radius 2 is 1.29 bits per heavy atom. The third kappa shape index (κ3) is 2.17. The van der Waals surface area contributed by atoms with Crippen LogP contribution in [0.15, 0.2) is 60.7 Å². The van der Waals surface area contributed by atoms with Crippen LogP contribution in [-0.2, 0) is 9.59 Å². The summed E-state index contributed by atoms with van der Waals surface area (Å²) in [6.45, 7) is 2.03. The van der Waals surface area contributed by atoms with Crippen molar-refractivity contribution >= 4 is 17.5 Å². The first-order chi connectivity index (χ1) is 13.6. The lowest BCUT2D eigenvalue weighted by atomic mass is 9.63. The van der Waals surface area contributed by atoms with Gasteiger partial charge in [0.1, 0.15) is 11.5 Å². The standard InChI is InChI=1S/C24H21NO3/c1-13-2-6-15(7-3-13)28-16-8-4-14(5-9-16)25-23(26)21-17-10-11-18(20-12-19(17)20)22(21)24(25)27/h2-11,17-22H,12H2,1H3/t17-,18-,19-,20-,21-,22+/m0/s1. The molecule has 2 saturated carbocycles. The molecule has 0 unspecified atom stereocenters. The fraction of sp³-hybridized carbons (Fsp3) is 0.333. The van der Waals surface area contributed by atoms with Crippen LogP contribution in [0.3, 0.4) is 0 Å². The molecule has 0 radical (unpaired) electrons. The molecule has 2 amide bonds. The van der Waals surface area contributed by atoms with E-state index in [9.17, 15) is 9.59 Å². The smallest absolute Gasteiger partial charge is 0.238 e. The van der Waals surface area contributed by atoms with E-state index in [2.05, 4.69) is 12.2 Å². The summed E-state index contributed by atoms with van der Waals surface area (Å²) < 4.78 is 5.86. The molecule has 4 aliphatic carbocycles. The van der Waals surface area contributed by atoms with E-state index >= 15 is 0 Å². The Morgan fingerprint density at radius 1 is 0.786 bits per heavy atom. The number of rotatable bonds is 3. The van der Waals surface area contributed by atoms with Crippen LogP contribution in [0.1, 0.15) is 12.0 Å². The fourth-order valence-corrected chi connectivity index (χ4v) is 5.62. The summed E-state index contributed by atoms with van der Waals surface area (Å²) >= 11 is 0. The molecular weight excluding hydrogens is 350 g/mol. The Balaban J connectivity index is 1.26. The molecule has 2 bridgehead atoms. The first kappa shape index (κ1) is 16.1. The zero-order valence-corrected chi connectivity index (χ0v) is 15.6. The molecule has 1 aliphatic heterocycles. The number of nitrogens with zero attached hydrogens (tertiary/aromatic N) is 1. The van der Waals surface area contributed by atoms with E-state index in [4.69, 9.17) is 4.74 Å². The second-order valence-electron chi connectivity index (χ2n) is 8.58. The molecule has 4 nitrogen and oxygen atoms in total. The largest absolute Gasteiger partial charge is 0.457 e. The molecule has 4 heteroatoms. The first-order valence-electron chi connectivity index (χ1n) is 10.0. The molecule has 2 aromatic carbocycles. The third-order valence-corrected chi connectivity index (χ3v) is 7.01. The Hall–Kier alpha value is -2.88. The van der Waals surface area contributed by atoms with E-state index < -0.39 is 0 Å². The summed E-state index contributed by atoms with van der Waals surface area (Å²) in [6.07, 6.45) is 5.58. The van der Waals surface area contributed by atoms with Gasteiger partial charge in [-0.25, -0.2) is 0 Å². The zero-order chi connectivity index (χ0) is 19.0. The van der Waals surface area contributed by atoms with Crippen molar-refractivity contribution in [2.45, 2.75) is 13.3 Å². The van der Waals surface area contributed by atoms with Crippen LogP contribution in [0, 0.1) is 42.4 Å². The molecule has 6 atom stereocenters. The maximum absolute atomic E-state index is 13.2. The summed E-state index contributed by atoms with van der Waals surface area (Å²) in [5, 5.41) is 0. The number of aryl methyl sites for hydroxylation is 1. The van der Waals surface area contributed by atoms with Gasteiger partial charge in [0.25, 0.3) is 0 Å². The van der Waals surface area contributed by atoms with E-state index in [1.807, 2.05) is 55.5 Å². The van der Waals surface area contributed by atoms with Gasteiger partial charge in [-0.05, 0) is 73.4 Å². The number of carbonyl (C=O) groups is 2. The summed E-state index contributed by atoms with van der Waals surface area (Å²) in [5.41, 5.74) is 1.82. The minimum atomic E-state index is -0.158. The second kappa shape index (κ2) is 5.57. The number of ether oxygens (including phenoxy) is 1. The Bertz CT molecular complexity index is 971. The Labute approximate surface area is 163 Å². The van der Waals surface area contributed by atoms with Crippen LogP contribution in [0.2, 0.25) is 0 Å². The SMILES string of the molecule is Cc1ccc(Oc2ccc(N3C(=O)[C@@H]4[C@H]5C=C[C@@H]([C@@H]6C[C@@H]56)[C@@H]4C3=O)cc2)cc1. The summed E-state index contributed by atoms with van der Waals surface area (Å²) in [6, 6.07) is 15.1. The van der Waals surface area contributed by atoms with Crippen LogP contribution >= 0.6 is 0 Å². The molecule has 7 rings (SSSR count). The van der Waals surface area contributed by atoms with Crippen LogP contribution in [-0.4, -0.2) is 11.8 Å². The van der Waals surface area contributed by atoms with E-state index in [0.29, 0.717) is 23.3 Å². The van der Waals surface area contributed by atoms with Crippen LogP contribution in [0.4, 0.5) is 5.69 Å². The normalized spacial score (nSPS) is 34.4. The third-order valence-electron chi connectivity index (χ3n) is 7.01. The van der Waals surface area contributed by atoms with E-state index in [0.717, 1.165) is 5.75 Å². The van der Waals surface area contributed by atoms with Crippen molar-refractivity contribution in [2.24, 2.45) is 35.5 Å². The molecule has 1 heterocycles. The molecule has 140 valence electrons. The predicted molar refractivity (Wildman–Crippen MR) is 105 cm³/mol. The van der Waals surface area contributed by atoms with Gasteiger partial charge in [-0.1, -0.05) is 29.8 Å². The molecule has 1 saturated heterocycles. The van der Waals surface area contributed by atoms with Crippen LogP contribution in [0.5, 0.6) is 11.5 Å². The van der Waals surface area contributed by atoms with Crippen molar-refractivity contribution in [3.05, 3.63) is 66.2 Å². The van der Waals surface area contributed by atoms with Gasteiger partial charge in [0, 0.05) is 0 Å². The van der Waals surface area contributed by atoms with Crippen molar-refractivity contribution in [2.75, 3.05) is 4.90 Å². The number of carbonyl (C=O) groups excluding carboxylic acids is 2. The van der Waals surface area contributed by atoms with Crippen LogP contribution < -0.4 is 9.64 Å². The maximum atomic E-state index is 13.2. The van der Waals surface area contributed by atoms with Crippen molar-refractivity contribution < 1.29 is 14.3 Å². The van der Waals surface area contributed by atoms with Gasteiger partial charge in [-0.2, -0.15) is 0 Å². The average Bonchev–Trinajstić information content (AvgIpc) is 3.49. The molecule has 28 heavy (non-hydrogen) atoms. The fourth-order valence-electron chi connectivity index (χ4n) is 5.62. The van der Waals surface area contributed by atoms with Gasteiger partial charge < -0.3 is 4.74 Å². The molecule has 0 spiro atoms. The quantitative estimate of drug-likeness (QED) is 0.595. The molecule has 3 fully saturated rings. The maximum Gasteiger partial charge on any atom is 0.238 e. The van der Waals surface area contributed by atoms with Gasteiger partial charge in [-0.15, -0.1) is 0 Å². The van der Waals surface area contributed by atoms with E-state index in [-0.39, 0.29) is 35.5 Å². The van der Waals surface area contributed by atoms with Gasteiger partial charge in [0.2, 0.25) is 11.8 Å². The number of benzene rings is 2. The molecule has 0 N–H and O–H groups in total. The van der Waals surface area contributed by atoms with E-state index in [1.54, 1.807) is 0 Å². The van der Waals surface area contributed by atoms with Crippen LogP contribution in [0.25, 0.3) is 0 Å². The minimum Gasteiger partial charge on any atom is -0.457 e. The average molecular weight is 371 g/mol. The highest BCUT2D eigenvalue weighted by molar-refractivity contribution is 6.22.